The number of unbranched alkanes of at least 4 members (excludes halogenated alkanes) is 22. The van der Waals surface area contributed by atoms with Crippen LogP contribution in [0.15, 0.2) is 85.1 Å². The van der Waals surface area contributed by atoms with E-state index in [9.17, 15) is 14.4 Å². The van der Waals surface area contributed by atoms with Crippen molar-refractivity contribution < 1.29 is 28.6 Å². The second-order valence-electron chi connectivity index (χ2n) is 17.4. The normalized spacial score (nSPS) is 12.7. The molecule has 366 valence electrons. The molecule has 0 aliphatic heterocycles. The highest BCUT2D eigenvalue weighted by atomic mass is 16.6. The van der Waals surface area contributed by atoms with Crippen LogP contribution in [0.2, 0.25) is 0 Å². The van der Waals surface area contributed by atoms with Crippen molar-refractivity contribution in [3.8, 4) is 0 Å². The van der Waals surface area contributed by atoms with Crippen LogP contribution in [0.5, 0.6) is 0 Å². The average Bonchev–Trinajstić information content (AvgIpc) is 3.29. The number of carbonyl (C=O) groups excluding carboxylic acids is 3. The van der Waals surface area contributed by atoms with E-state index in [4.69, 9.17) is 14.2 Å². The molecule has 0 aromatic rings. The van der Waals surface area contributed by atoms with Crippen LogP contribution in [0.4, 0.5) is 0 Å². The monoisotopic (exact) mass is 891 g/mol. The van der Waals surface area contributed by atoms with Gasteiger partial charge in [0.1, 0.15) is 13.2 Å². The third-order valence-corrected chi connectivity index (χ3v) is 11.1. The highest BCUT2D eigenvalue weighted by Gasteiger charge is 2.19. The zero-order valence-electron chi connectivity index (χ0n) is 41.8. The SMILES string of the molecule is CC/C=C\C/C=C\C/C=C\C/C=C\CCCCCCCCCCCCCCCCC(=O)OCC(COC(=O)CCCCCCCC)OC(=O)CCCCC/C=C\C/C=C\C/C=C\CC. The van der Waals surface area contributed by atoms with Gasteiger partial charge in [-0.1, -0.05) is 221 Å². The van der Waals surface area contributed by atoms with Crippen molar-refractivity contribution in [1.29, 1.82) is 0 Å². The molecule has 64 heavy (non-hydrogen) atoms. The van der Waals surface area contributed by atoms with Crippen LogP contribution in [-0.2, 0) is 28.6 Å². The molecule has 0 heterocycles. The topological polar surface area (TPSA) is 78.9 Å². The van der Waals surface area contributed by atoms with Gasteiger partial charge in [-0.2, -0.15) is 0 Å². The highest BCUT2D eigenvalue weighted by molar-refractivity contribution is 5.71. The van der Waals surface area contributed by atoms with Gasteiger partial charge in [-0.3, -0.25) is 14.4 Å². The lowest BCUT2D eigenvalue weighted by Crippen LogP contribution is -2.30. The van der Waals surface area contributed by atoms with Crippen molar-refractivity contribution in [2.45, 2.75) is 252 Å². The summed E-state index contributed by atoms with van der Waals surface area (Å²) in [6, 6.07) is 0. The summed E-state index contributed by atoms with van der Waals surface area (Å²) < 4.78 is 16.7. The fraction of sp³-hybridized carbons (Fsp3) is 0.707. The molecule has 1 atom stereocenters. The van der Waals surface area contributed by atoms with Crippen molar-refractivity contribution in [3.05, 3.63) is 85.1 Å². The van der Waals surface area contributed by atoms with Gasteiger partial charge in [0.05, 0.1) is 0 Å². The smallest absolute Gasteiger partial charge is 0.306 e. The summed E-state index contributed by atoms with van der Waals surface area (Å²) in [6.07, 6.45) is 67.6. The largest absolute Gasteiger partial charge is 0.462 e. The molecular weight excluding hydrogens is 793 g/mol. The molecule has 0 aliphatic carbocycles. The van der Waals surface area contributed by atoms with Gasteiger partial charge in [-0.05, 0) is 89.9 Å². The molecule has 0 radical (unpaired) electrons. The number of hydrogen-bond donors (Lipinski definition) is 0. The predicted molar refractivity (Wildman–Crippen MR) is 274 cm³/mol. The average molecular weight is 891 g/mol. The summed E-state index contributed by atoms with van der Waals surface area (Å²) in [5.41, 5.74) is 0. The quantitative estimate of drug-likeness (QED) is 0.0262. The molecule has 1 unspecified atom stereocenters. The fourth-order valence-electron chi connectivity index (χ4n) is 7.21. The molecule has 0 bridgehead atoms. The zero-order valence-corrected chi connectivity index (χ0v) is 41.8. The first kappa shape index (κ1) is 60.6. The number of rotatable bonds is 47. The van der Waals surface area contributed by atoms with Gasteiger partial charge in [0.2, 0.25) is 0 Å². The number of allylic oxidation sites excluding steroid dienone is 14. The van der Waals surface area contributed by atoms with E-state index in [2.05, 4.69) is 106 Å². The van der Waals surface area contributed by atoms with E-state index in [-0.39, 0.29) is 31.1 Å². The van der Waals surface area contributed by atoms with Crippen LogP contribution in [0.3, 0.4) is 0 Å². The van der Waals surface area contributed by atoms with Crippen molar-refractivity contribution in [3.63, 3.8) is 0 Å². The highest BCUT2D eigenvalue weighted by Crippen LogP contribution is 2.15. The number of ether oxygens (including phenoxy) is 3. The van der Waals surface area contributed by atoms with E-state index in [1.807, 2.05) is 0 Å². The molecule has 0 N–H and O–H groups in total. The van der Waals surface area contributed by atoms with Crippen molar-refractivity contribution in [2.24, 2.45) is 0 Å². The van der Waals surface area contributed by atoms with Gasteiger partial charge in [-0.25, -0.2) is 0 Å². The van der Waals surface area contributed by atoms with Crippen molar-refractivity contribution in [2.75, 3.05) is 13.2 Å². The van der Waals surface area contributed by atoms with E-state index < -0.39 is 6.10 Å². The minimum Gasteiger partial charge on any atom is -0.462 e. The molecule has 0 spiro atoms. The Balaban J connectivity index is 4.09. The maximum absolute atomic E-state index is 12.7. The summed E-state index contributed by atoms with van der Waals surface area (Å²) in [6.45, 7) is 6.32. The lowest BCUT2D eigenvalue weighted by molar-refractivity contribution is -0.167. The minimum atomic E-state index is -0.787. The van der Waals surface area contributed by atoms with E-state index in [0.717, 1.165) is 109 Å². The van der Waals surface area contributed by atoms with Crippen LogP contribution >= 0.6 is 0 Å². The Hall–Kier alpha value is -3.41. The van der Waals surface area contributed by atoms with Gasteiger partial charge < -0.3 is 14.2 Å². The van der Waals surface area contributed by atoms with Gasteiger partial charge >= 0.3 is 17.9 Å². The predicted octanol–water partition coefficient (Wildman–Crippen LogP) is 17.6. The first-order chi connectivity index (χ1) is 31.5. The fourth-order valence-corrected chi connectivity index (χ4v) is 7.21. The zero-order chi connectivity index (χ0) is 46.5. The Labute approximate surface area is 395 Å². The van der Waals surface area contributed by atoms with E-state index >= 15 is 0 Å². The molecule has 0 aromatic heterocycles. The van der Waals surface area contributed by atoms with Gasteiger partial charge in [-0.15, -0.1) is 0 Å². The lowest BCUT2D eigenvalue weighted by atomic mass is 10.0. The second-order valence-corrected chi connectivity index (χ2v) is 17.4. The minimum absolute atomic E-state index is 0.0876. The van der Waals surface area contributed by atoms with Crippen LogP contribution in [0.25, 0.3) is 0 Å². The molecule has 0 aliphatic rings. The molecule has 0 rings (SSSR count). The standard InChI is InChI=1S/C58H98O6/c1-4-7-10-13-16-18-20-22-23-24-25-26-27-28-29-30-31-32-33-34-35-37-38-40-42-45-48-51-57(60)63-54-55(53-62-56(59)50-47-44-15-12-9-6-3)64-58(61)52-49-46-43-41-39-36-21-19-17-14-11-8-5-2/h7-8,10-11,16-19,22-23,25-26,36,39,55H,4-6,9,12-15,20-21,24,27-35,37-38,40-54H2,1-3H3/b10-7-,11-8-,18-16-,19-17-,23-22-,26-25-,39-36-. The van der Waals surface area contributed by atoms with E-state index in [0.29, 0.717) is 19.3 Å². The third-order valence-electron chi connectivity index (χ3n) is 11.1. The second kappa shape index (κ2) is 52.2. The number of hydrogen-bond acceptors (Lipinski definition) is 6. The van der Waals surface area contributed by atoms with Gasteiger partial charge in [0.15, 0.2) is 6.10 Å². The van der Waals surface area contributed by atoms with Crippen molar-refractivity contribution >= 4 is 17.9 Å². The van der Waals surface area contributed by atoms with Crippen LogP contribution < -0.4 is 0 Å². The molecular formula is C58H98O6. The van der Waals surface area contributed by atoms with Gasteiger partial charge in [0, 0.05) is 19.3 Å². The number of carbonyl (C=O) groups is 3. The maximum Gasteiger partial charge on any atom is 0.306 e. The molecule has 0 amide bonds. The lowest BCUT2D eigenvalue weighted by Gasteiger charge is -2.18. The van der Waals surface area contributed by atoms with Crippen LogP contribution in [0, 0.1) is 0 Å². The van der Waals surface area contributed by atoms with E-state index in [1.54, 1.807) is 0 Å². The molecule has 0 saturated carbocycles. The summed E-state index contributed by atoms with van der Waals surface area (Å²) in [5, 5.41) is 0. The van der Waals surface area contributed by atoms with E-state index in [1.165, 1.54) is 96.3 Å². The summed E-state index contributed by atoms with van der Waals surface area (Å²) in [5.74, 6) is -0.928. The Morgan fingerprint density at radius 2 is 0.609 bits per heavy atom. The molecule has 6 heteroatoms. The molecule has 0 aromatic carbocycles. The first-order valence-corrected chi connectivity index (χ1v) is 26.6. The number of esters is 3. The summed E-state index contributed by atoms with van der Waals surface area (Å²) in [7, 11) is 0. The molecule has 6 nitrogen and oxygen atoms in total. The summed E-state index contributed by atoms with van der Waals surface area (Å²) >= 11 is 0. The summed E-state index contributed by atoms with van der Waals surface area (Å²) in [4.78, 5) is 37.7. The maximum atomic E-state index is 12.7. The van der Waals surface area contributed by atoms with Crippen LogP contribution in [-0.4, -0.2) is 37.2 Å². The Bertz CT molecular complexity index is 1250. The third kappa shape index (κ3) is 49.6. The first-order valence-electron chi connectivity index (χ1n) is 26.6. The molecule has 0 saturated heterocycles. The van der Waals surface area contributed by atoms with Crippen LogP contribution in [0.1, 0.15) is 245 Å². The van der Waals surface area contributed by atoms with Crippen molar-refractivity contribution in [1.82, 2.24) is 0 Å². The Morgan fingerprint density at radius 1 is 0.328 bits per heavy atom. The Morgan fingerprint density at radius 3 is 0.969 bits per heavy atom. The Kier molecular flexibility index (Phi) is 49.4. The van der Waals surface area contributed by atoms with Gasteiger partial charge in [0.25, 0.3) is 0 Å². The molecule has 0 fully saturated rings.